The second kappa shape index (κ2) is 6.03. The molecule has 1 aromatic heterocycles. The number of hydrazine groups is 1. The molecule has 7 heteroatoms. The van der Waals surface area contributed by atoms with E-state index in [0.29, 0.717) is 5.70 Å². The van der Waals surface area contributed by atoms with Gasteiger partial charge in [-0.05, 0) is 37.3 Å². The van der Waals surface area contributed by atoms with E-state index in [9.17, 15) is 4.79 Å². The first kappa shape index (κ1) is 15.3. The van der Waals surface area contributed by atoms with E-state index in [-0.39, 0.29) is 11.6 Å². The smallest absolute Gasteiger partial charge is 0.289 e. The lowest BCUT2D eigenvalue weighted by Crippen LogP contribution is -2.34. The summed E-state index contributed by atoms with van der Waals surface area (Å²) in [5.74, 6) is -0.251. The molecule has 1 fully saturated rings. The quantitative estimate of drug-likeness (QED) is 0.711. The van der Waals surface area contributed by atoms with Crippen LogP contribution in [-0.2, 0) is 4.79 Å². The molecule has 6 nitrogen and oxygen atoms in total. The Morgan fingerprint density at radius 1 is 1.24 bits per heavy atom. The van der Waals surface area contributed by atoms with Crippen LogP contribution >= 0.6 is 11.3 Å². The SMILES string of the molecule is C=C1NN(c2ccccc2)C(=O)/C1=N/Nc1ccc2nc(C)sc2c1. The van der Waals surface area contributed by atoms with Crippen LogP contribution < -0.4 is 15.9 Å². The summed E-state index contributed by atoms with van der Waals surface area (Å²) in [6, 6.07) is 15.1. The van der Waals surface area contributed by atoms with Crippen LogP contribution in [0.5, 0.6) is 0 Å². The number of amides is 1. The molecule has 1 aliphatic rings. The first-order valence-electron chi connectivity index (χ1n) is 7.68. The van der Waals surface area contributed by atoms with Crippen LogP contribution in [0.15, 0.2) is 65.9 Å². The average molecular weight is 349 g/mol. The normalized spacial score (nSPS) is 15.9. The average Bonchev–Trinajstić information content (AvgIpc) is 3.12. The Labute approximate surface area is 148 Å². The zero-order valence-electron chi connectivity index (χ0n) is 13.5. The van der Waals surface area contributed by atoms with Crippen LogP contribution in [0.2, 0.25) is 0 Å². The van der Waals surface area contributed by atoms with Crippen molar-refractivity contribution in [2.45, 2.75) is 6.92 Å². The number of aromatic nitrogens is 1. The third kappa shape index (κ3) is 2.85. The molecule has 3 aromatic rings. The van der Waals surface area contributed by atoms with Crippen molar-refractivity contribution >= 4 is 44.5 Å². The number of thiazole rings is 1. The van der Waals surface area contributed by atoms with Gasteiger partial charge in [0.1, 0.15) is 0 Å². The lowest BCUT2D eigenvalue weighted by molar-refractivity contribution is -0.112. The van der Waals surface area contributed by atoms with Gasteiger partial charge in [0.05, 0.1) is 32.3 Å². The van der Waals surface area contributed by atoms with Crippen LogP contribution in [0.3, 0.4) is 0 Å². The van der Waals surface area contributed by atoms with E-state index in [1.54, 1.807) is 11.3 Å². The molecule has 0 spiro atoms. The monoisotopic (exact) mass is 349 g/mol. The van der Waals surface area contributed by atoms with E-state index in [1.807, 2.05) is 55.5 Å². The Bertz CT molecular complexity index is 1010. The lowest BCUT2D eigenvalue weighted by Gasteiger charge is -2.14. The highest BCUT2D eigenvalue weighted by atomic mass is 32.1. The highest BCUT2D eigenvalue weighted by molar-refractivity contribution is 7.18. The number of hydrogen-bond donors (Lipinski definition) is 2. The molecular weight excluding hydrogens is 334 g/mol. The number of aryl methyl sites for hydroxylation is 1. The number of carbonyl (C=O) groups excluding carboxylic acids is 1. The minimum absolute atomic E-state index is 0.251. The van der Waals surface area contributed by atoms with Gasteiger partial charge in [0.15, 0.2) is 5.71 Å². The topological polar surface area (TPSA) is 69.6 Å². The predicted molar refractivity (Wildman–Crippen MR) is 102 cm³/mol. The maximum absolute atomic E-state index is 12.6. The number of nitrogens with zero attached hydrogens (tertiary/aromatic N) is 3. The van der Waals surface area contributed by atoms with Crippen LogP contribution in [0.25, 0.3) is 10.2 Å². The first-order valence-corrected chi connectivity index (χ1v) is 8.50. The van der Waals surface area contributed by atoms with Crippen molar-refractivity contribution in [1.82, 2.24) is 10.4 Å². The maximum atomic E-state index is 12.6. The molecule has 2 N–H and O–H groups in total. The molecule has 0 radical (unpaired) electrons. The minimum Gasteiger partial charge on any atom is -0.289 e. The molecule has 1 aliphatic heterocycles. The summed E-state index contributed by atoms with van der Waals surface area (Å²) in [6.07, 6.45) is 0. The maximum Gasteiger partial charge on any atom is 0.299 e. The largest absolute Gasteiger partial charge is 0.299 e. The summed E-state index contributed by atoms with van der Waals surface area (Å²) in [5, 5.41) is 6.69. The molecule has 0 aliphatic carbocycles. The highest BCUT2D eigenvalue weighted by Gasteiger charge is 2.32. The summed E-state index contributed by atoms with van der Waals surface area (Å²) in [6.45, 7) is 5.85. The lowest BCUT2D eigenvalue weighted by atomic mass is 10.3. The first-order chi connectivity index (χ1) is 12.1. The predicted octanol–water partition coefficient (Wildman–Crippen LogP) is 3.44. The second-order valence-electron chi connectivity index (χ2n) is 5.55. The molecule has 1 saturated heterocycles. The minimum atomic E-state index is -0.251. The van der Waals surface area contributed by atoms with Gasteiger partial charge in [-0.3, -0.25) is 15.6 Å². The highest BCUT2D eigenvalue weighted by Crippen LogP contribution is 2.25. The van der Waals surface area contributed by atoms with Gasteiger partial charge < -0.3 is 0 Å². The van der Waals surface area contributed by atoms with Gasteiger partial charge >= 0.3 is 0 Å². The van der Waals surface area contributed by atoms with Crippen LogP contribution in [-0.4, -0.2) is 16.6 Å². The number of hydrazone groups is 1. The third-order valence-electron chi connectivity index (χ3n) is 3.74. The summed E-state index contributed by atoms with van der Waals surface area (Å²) in [7, 11) is 0. The van der Waals surface area contributed by atoms with Crippen molar-refractivity contribution < 1.29 is 4.79 Å². The Balaban J connectivity index is 1.57. The van der Waals surface area contributed by atoms with E-state index in [0.717, 1.165) is 26.6 Å². The van der Waals surface area contributed by atoms with Crippen LogP contribution in [0, 0.1) is 6.92 Å². The Kier molecular flexibility index (Phi) is 3.70. The van der Waals surface area contributed by atoms with Crippen LogP contribution in [0.1, 0.15) is 5.01 Å². The van der Waals surface area contributed by atoms with Gasteiger partial charge in [-0.2, -0.15) is 5.10 Å². The molecular formula is C18H15N5OS. The molecule has 0 unspecified atom stereocenters. The van der Waals surface area contributed by atoms with Crippen molar-refractivity contribution in [3.8, 4) is 0 Å². The van der Waals surface area contributed by atoms with Gasteiger partial charge in [0, 0.05) is 0 Å². The fraction of sp³-hybridized carbons (Fsp3) is 0.0556. The number of anilines is 2. The van der Waals surface area contributed by atoms with Gasteiger partial charge in [0.2, 0.25) is 0 Å². The molecule has 2 aromatic carbocycles. The third-order valence-corrected chi connectivity index (χ3v) is 4.68. The number of para-hydroxylation sites is 1. The number of rotatable bonds is 3. The number of hydrogen-bond acceptors (Lipinski definition) is 6. The van der Waals surface area contributed by atoms with Crippen molar-refractivity contribution in [3.63, 3.8) is 0 Å². The molecule has 4 rings (SSSR count). The summed E-state index contributed by atoms with van der Waals surface area (Å²) < 4.78 is 1.07. The molecule has 0 saturated carbocycles. The molecule has 1 amide bonds. The van der Waals surface area contributed by atoms with E-state index in [1.165, 1.54) is 5.01 Å². The summed E-state index contributed by atoms with van der Waals surface area (Å²) in [4.78, 5) is 17.0. The van der Waals surface area contributed by atoms with E-state index < -0.39 is 0 Å². The molecule has 25 heavy (non-hydrogen) atoms. The number of nitrogens with one attached hydrogen (secondary N) is 2. The van der Waals surface area contributed by atoms with Gasteiger partial charge in [0.25, 0.3) is 5.91 Å². The van der Waals surface area contributed by atoms with Gasteiger partial charge in [-0.1, -0.05) is 24.8 Å². The Hall–Kier alpha value is -3.19. The zero-order valence-corrected chi connectivity index (χ0v) is 14.3. The summed E-state index contributed by atoms with van der Waals surface area (Å²) in [5.41, 5.74) is 9.09. The zero-order chi connectivity index (χ0) is 17.4. The number of carbonyl (C=O) groups is 1. The number of fused-ring (bicyclic) bond motifs is 1. The van der Waals surface area contributed by atoms with Gasteiger partial charge in [-0.25, -0.2) is 9.99 Å². The van der Waals surface area contributed by atoms with E-state index in [4.69, 9.17) is 0 Å². The van der Waals surface area contributed by atoms with Gasteiger partial charge in [-0.15, -0.1) is 11.3 Å². The fourth-order valence-electron chi connectivity index (χ4n) is 2.58. The van der Waals surface area contributed by atoms with Crippen LogP contribution in [0.4, 0.5) is 11.4 Å². The Morgan fingerprint density at radius 3 is 2.84 bits per heavy atom. The van der Waals surface area contributed by atoms with Crippen molar-refractivity contribution in [2.75, 3.05) is 10.4 Å². The summed E-state index contributed by atoms with van der Waals surface area (Å²) >= 11 is 1.62. The molecule has 2 heterocycles. The standard InChI is InChI=1S/C18H15N5OS/c1-11-17(18(24)23(22-11)14-6-4-3-5-7-14)21-20-13-8-9-15-16(10-13)25-12(2)19-15/h3-10,20,22H,1H2,2H3/b21-17+. The van der Waals surface area contributed by atoms with E-state index in [2.05, 4.69) is 27.5 Å². The fourth-order valence-corrected chi connectivity index (χ4v) is 3.44. The van der Waals surface area contributed by atoms with Crippen molar-refractivity contribution in [2.24, 2.45) is 5.10 Å². The van der Waals surface area contributed by atoms with Crippen molar-refractivity contribution in [1.29, 1.82) is 0 Å². The molecule has 0 bridgehead atoms. The number of benzene rings is 2. The van der Waals surface area contributed by atoms with Crippen molar-refractivity contribution in [3.05, 3.63) is 65.8 Å². The molecule has 124 valence electrons. The Morgan fingerprint density at radius 2 is 2.04 bits per heavy atom. The second-order valence-corrected chi connectivity index (χ2v) is 6.79. The molecule has 0 atom stereocenters. The van der Waals surface area contributed by atoms with E-state index >= 15 is 0 Å².